The van der Waals surface area contributed by atoms with Crippen LogP contribution in [0.25, 0.3) is 32.3 Å². The Labute approximate surface area is 349 Å². The van der Waals surface area contributed by atoms with Crippen molar-refractivity contribution >= 4 is 66.4 Å². The third-order valence-electron chi connectivity index (χ3n) is 10.8. The summed E-state index contributed by atoms with van der Waals surface area (Å²) in [7, 11) is 13.1. The second kappa shape index (κ2) is 16.8. The zero-order valence-corrected chi connectivity index (χ0v) is 34.9. The topological polar surface area (TPSA) is 80.3 Å². The van der Waals surface area contributed by atoms with Gasteiger partial charge in [-0.15, -0.1) is 0 Å². The fourth-order valence-electron chi connectivity index (χ4n) is 7.99. The molecule has 0 N–H and O–H groups in total. The van der Waals surface area contributed by atoms with Gasteiger partial charge < -0.3 is 47.7 Å². The number of hydrogen-bond acceptors (Lipinski definition) is 10. The summed E-state index contributed by atoms with van der Waals surface area (Å²) in [6, 6.07) is 45.3. The Hall–Kier alpha value is -7.46. The smallest absolute Gasteiger partial charge is 0.162 e. The number of hydrogen-bond donors (Lipinski definition) is 0. The van der Waals surface area contributed by atoms with Crippen molar-refractivity contribution in [3.63, 3.8) is 0 Å². The maximum atomic E-state index is 5.83. The van der Waals surface area contributed by atoms with Crippen molar-refractivity contribution < 1.29 is 37.9 Å². The molecule has 0 aliphatic heterocycles. The molecule has 0 aliphatic carbocycles. The normalized spacial score (nSPS) is 11.0. The van der Waals surface area contributed by atoms with Gasteiger partial charge in [0.05, 0.1) is 91.0 Å². The average molecular weight is 803 g/mol. The molecule has 0 bridgehead atoms. The molecule has 60 heavy (non-hydrogen) atoms. The Morgan fingerprint density at radius 2 is 0.500 bits per heavy atom. The quantitative estimate of drug-likeness (QED) is 0.0991. The van der Waals surface area contributed by atoms with Gasteiger partial charge in [-0.3, -0.25) is 0 Å². The van der Waals surface area contributed by atoms with Crippen LogP contribution in [0.4, 0.5) is 34.1 Å². The number of fused-ring (bicyclic) bond motifs is 5. The molecule has 8 aromatic rings. The van der Waals surface area contributed by atoms with Crippen molar-refractivity contribution in [2.75, 3.05) is 66.7 Å². The van der Waals surface area contributed by atoms with Crippen molar-refractivity contribution in [3.05, 3.63) is 133 Å². The molecule has 0 fully saturated rings. The van der Waals surface area contributed by atoms with Gasteiger partial charge in [0, 0.05) is 35.0 Å². The summed E-state index contributed by atoms with van der Waals surface area (Å²) in [5.74, 6) is 4.93. The largest absolute Gasteiger partial charge is 0.493 e. The zero-order valence-electron chi connectivity index (χ0n) is 34.9. The van der Waals surface area contributed by atoms with Crippen LogP contribution in [0.2, 0.25) is 0 Å². The van der Waals surface area contributed by atoms with Crippen LogP contribution in [0.1, 0.15) is 0 Å². The predicted molar refractivity (Wildman–Crippen MR) is 241 cm³/mol. The van der Waals surface area contributed by atoms with E-state index in [0.717, 1.165) is 66.4 Å². The summed E-state index contributed by atoms with van der Waals surface area (Å²) in [4.78, 5) is 4.43. The van der Waals surface area contributed by atoms with Crippen molar-refractivity contribution in [2.45, 2.75) is 0 Å². The molecule has 0 atom stereocenters. The highest BCUT2D eigenvalue weighted by molar-refractivity contribution is 6.24. The fourth-order valence-corrected chi connectivity index (χ4v) is 7.99. The van der Waals surface area contributed by atoms with Crippen LogP contribution in [0.5, 0.6) is 46.0 Å². The first kappa shape index (κ1) is 39.4. The van der Waals surface area contributed by atoms with Gasteiger partial charge in [0.2, 0.25) is 0 Å². The van der Waals surface area contributed by atoms with Crippen LogP contribution in [-0.4, -0.2) is 56.9 Å². The lowest BCUT2D eigenvalue weighted by molar-refractivity contribution is 0.355. The highest BCUT2D eigenvalue weighted by atomic mass is 16.5. The molecule has 0 aliphatic rings. The molecule has 8 rings (SSSR count). The molecule has 0 saturated heterocycles. The Kier molecular flexibility index (Phi) is 11.0. The molecule has 0 radical (unpaired) electrons. The minimum atomic E-state index is 0.603. The van der Waals surface area contributed by atoms with E-state index in [9.17, 15) is 0 Å². The van der Waals surface area contributed by atoms with E-state index in [1.54, 1.807) is 56.9 Å². The van der Waals surface area contributed by atoms with E-state index in [4.69, 9.17) is 37.9 Å². The van der Waals surface area contributed by atoms with Gasteiger partial charge in [-0.05, 0) is 82.2 Å². The van der Waals surface area contributed by atoms with Crippen LogP contribution in [0.15, 0.2) is 133 Å². The van der Waals surface area contributed by atoms with Gasteiger partial charge in [0.15, 0.2) is 46.0 Å². The summed E-state index contributed by atoms with van der Waals surface area (Å²) < 4.78 is 45.9. The van der Waals surface area contributed by atoms with Crippen LogP contribution in [-0.2, 0) is 0 Å². The first-order valence-corrected chi connectivity index (χ1v) is 19.3. The number of rotatable bonds is 14. The van der Waals surface area contributed by atoms with E-state index in [0.29, 0.717) is 46.0 Å². The maximum absolute atomic E-state index is 5.83. The van der Waals surface area contributed by atoms with Gasteiger partial charge in [-0.1, -0.05) is 48.5 Å². The molecular formula is C50H46N2O8. The van der Waals surface area contributed by atoms with Crippen LogP contribution < -0.4 is 47.7 Å². The molecule has 0 saturated carbocycles. The molecule has 0 spiro atoms. The average Bonchev–Trinajstić information content (AvgIpc) is 3.31. The van der Waals surface area contributed by atoms with E-state index in [1.165, 1.54) is 0 Å². The van der Waals surface area contributed by atoms with Crippen LogP contribution >= 0.6 is 0 Å². The lowest BCUT2D eigenvalue weighted by Crippen LogP contribution is -2.12. The summed E-state index contributed by atoms with van der Waals surface area (Å²) in [6.07, 6.45) is 0. The van der Waals surface area contributed by atoms with Crippen molar-refractivity contribution in [1.29, 1.82) is 0 Å². The van der Waals surface area contributed by atoms with E-state index in [2.05, 4.69) is 70.5 Å². The van der Waals surface area contributed by atoms with Crippen molar-refractivity contribution in [3.8, 4) is 46.0 Å². The van der Waals surface area contributed by atoms with Crippen molar-refractivity contribution in [1.82, 2.24) is 0 Å². The van der Waals surface area contributed by atoms with Crippen molar-refractivity contribution in [2.24, 2.45) is 0 Å². The van der Waals surface area contributed by atoms with Gasteiger partial charge in [-0.2, -0.15) is 0 Å². The molecule has 10 heteroatoms. The molecule has 8 aromatic carbocycles. The first-order chi connectivity index (χ1) is 29.4. The summed E-state index contributed by atoms with van der Waals surface area (Å²) in [6.45, 7) is 0. The minimum absolute atomic E-state index is 0.603. The number of methoxy groups -OCH3 is 8. The monoisotopic (exact) mass is 802 g/mol. The number of benzene rings is 8. The molecule has 0 unspecified atom stereocenters. The second-order valence-corrected chi connectivity index (χ2v) is 13.8. The fraction of sp³-hybridized carbons (Fsp3) is 0.160. The van der Waals surface area contributed by atoms with E-state index < -0.39 is 0 Å². The van der Waals surface area contributed by atoms with E-state index >= 15 is 0 Å². The molecule has 304 valence electrons. The van der Waals surface area contributed by atoms with Gasteiger partial charge in [-0.25, -0.2) is 0 Å². The Morgan fingerprint density at radius 3 is 0.750 bits per heavy atom. The lowest BCUT2D eigenvalue weighted by Gasteiger charge is -2.30. The standard InChI is InChI=1S/C50H46N2O8/c1-53-43-21-17-31(25-47(43)57-5)51(32-18-22-44(54-2)48(26-32)58-6)41-29-39-36-14-10-12-16-38(36)42(30-40(39)35-13-9-11-15-37(35)41)52(33-19-23-45(55-3)49(27-33)59-7)34-20-24-46(56-4)50(28-34)60-8/h9-30H,1-8H3. The molecule has 10 nitrogen and oxygen atoms in total. The molecular weight excluding hydrogens is 757 g/mol. The van der Waals surface area contributed by atoms with Gasteiger partial charge in [0.25, 0.3) is 0 Å². The summed E-state index contributed by atoms with van der Waals surface area (Å²) in [5.41, 5.74) is 5.34. The SMILES string of the molecule is COc1ccc(N(c2ccc(OC)c(OC)c2)c2cc3c4ccccc4c(N(c4ccc(OC)c(OC)c4)c4ccc(OC)c(OC)c4)cc3c3ccccc23)cc1OC. The first-order valence-electron chi connectivity index (χ1n) is 19.3. The van der Waals surface area contributed by atoms with E-state index in [1.807, 2.05) is 72.8 Å². The number of ether oxygens (including phenoxy) is 8. The van der Waals surface area contributed by atoms with E-state index in [-0.39, 0.29) is 0 Å². The number of nitrogens with zero attached hydrogens (tertiary/aromatic N) is 2. The Morgan fingerprint density at radius 1 is 0.250 bits per heavy atom. The van der Waals surface area contributed by atoms with Crippen LogP contribution in [0, 0.1) is 0 Å². The second-order valence-electron chi connectivity index (χ2n) is 13.8. The summed E-state index contributed by atoms with van der Waals surface area (Å²) >= 11 is 0. The van der Waals surface area contributed by atoms with Gasteiger partial charge in [0.1, 0.15) is 0 Å². The molecule has 0 amide bonds. The van der Waals surface area contributed by atoms with Crippen LogP contribution in [0.3, 0.4) is 0 Å². The number of anilines is 6. The third kappa shape index (κ3) is 6.85. The zero-order chi connectivity index (χ0) is 41.9. The predicted octanol–water partition coefficient (Wildman–Crippen LogP) is 12.2. The highest BCUT2D eigenvalue weighted by Gasteiger charge is 2.25. The lowest BCUT2D eigenvalue weighted by atomic mass is 9.93. The molecule has 0 heterocycles. The Balaban J connectivity index is 1.46. The Bertz CT molecular complexity index is 2550. The van der Waals surface area contributed by atoms with Gasteiger partial charge >= 0.3 is 0 Å². The minimum Gasteiger partial charge on any atom is -0.493 e. The molecule has 0 aromatic heterocycles. The summed E-state index contributed by atoms with van der Waals surface area (Å²) in [5, 5.41) is 6.30. The maximum Gasteiger partial charge on any atom is 0.162 e. The highest BCUT2D eigenvalue weighted by Crippen LogP contribution is 2.50. The third-order valence-corrected chi connectivity index (χ3v) is 10.8.